The SMILES string of the molecule is CCC(C)NC1CCOC(C)C1. The Morgan fingerprint density at radius 3 is 2.92 bits per heavy atom. The van der Waals surface area contributed by atoms with Crippen molar-refractivity contribution in [2.24, 2.45) is 0 Å². The lowest BCUT2D eigenvalue weighted by molar-refractivity contribution is 0.0116. The van der Waals surface area contributed by atoms with Crippen LogP contribution >= 0.6 is 0 Å². The van der Waals surface area contributed by atoms with Crippen LogP contribution in [0.25, 0.3) is 0 Å². The van der Waals surface area contributed by atoms with E-state index in [1.54, 1.807) is 0 Å². The molecule has 0 spiro atoms. The highest BCUT2D eigenvalue weighted by atomic mass is 16.5. The molecule has 1 N–H and O–H groups in total. The maximum Gasteiger partial charge on any atom is 0.0561 e. The van der Waals surface area contributed by atoms with Crippen molar-refractivity contribution >= 4 is 0 Å². The zero-order chi connectivity index (χ0) is 8.97. The summed E-state index contributed by atoms with van der Waals surface area (Å²) in [4.78, 5) is 0. The fourth-order valence-electron chi connectivity index (χ4n) is 1.67. The molecular formula is C10H21NO. The lowest BCUT2D eigenvalue weighted by Crippen LogP contribution is -2.42. The van der Waals surface area contributed by atoms with Gasteiger partial charge in [-0.15, -0.1) is 0 Å². The Kier molecular flexibility index (Phi) is 4.02. The van der Waals surface area contributed by atoms with Gasteiger partial charge in [0.05, 0.1) is 6.10 Å². The van der Waals surface area contributed by atoms with E-state index >= 15 is 0 Å². The van der Waals surface area contributed by atoms with Gasteiger partial charge in [-0.05, 0) is 33.1 Å². The first-order valence-electron chi connectivity index (χ1n) is 5.10. The molecular weight excluding hydrogens is 150 g/mol. The summed E-state index contributed by atoms with van der Waals surface area (Å²) in [6.07, 6.45) is 4.01. The molecule has 1 saturated heterocycles. The molecule has 12 heavy (non-hydrogen) atoms. The fraction of sp³-hybridized carbons (Fsp3) is 1.00. The minimum atomic E-state index is 0.445. The van der Waals surface area contributed by atoms with Crippen molar-refractivity contribution in [3.8, 4) is 0 Å². The van der Waals surface area contributed by atoms with Crippen LogP contribution in [0.1, 0.15) is 40.0 Å². The van der Waals surface area contributed by atoms with Gasteiger partial charge in [0, 0.05) is 18.7 Å². The Labute approximate surface area is 75.7 Å². The van der Waals surface area contributed by atoms with Crippen molar-refractivity contribution in [1.82, 2.24) is 5.32 Å². The lowest BCUT2D eigenvalue weighted by Gasteiger charge is -2.30. The maximum absolute atomic E-state index is 5.48. The van der Waals surface area contributed by atoms with Crippen LogP contribution in [0.2, 0.25) is 0 Å². The number of ether oxygens (including phenoxy) is 1. The zero-order valence-corrected chi connectivity index (χ0v) is 8.47. The van der Waals surface area contributed by atoms with E-state index in [1.165, 1.54) is 19.3 Å². The molecule has 0 aromatic rings. The van der Waals surface area contributed by atoms with Gasteiger partial charge in [0.15, 0.2) is 0 Å². The second-order valence-electron chi connectivity index (χ2n) is 3.88. The predicted octanol–water partition coefficient (Wildman–Crippen LogP) is 1.94. The summed E-state index contributed by atoms with van der Waals surface area (Å²) in [6, 6.07) is 1.34. The average Bonchev–Trinajstić information content (AvgIpc) is 2.04. The third-order valence-electron chi connectivity index (χ3n) is 2.62. The normalized spacial score (nSPS) is 33.2. The van der Waals surface area contributed by atoms with Crippen LogP contribution in [0.15, 0.2) is 0 Å². The van der Waals surface area contributed by atoms with Crippen molar-refractivity contribution in [3.05, 3.63) is 0 Å². The number of rotatable bonds is 3. The van der Waals surface area contributed by atoms with Gasteiger partial charge in [0.1, 0.15) is 0 Å². The highest BCUT2D eigenvalue weighted by Crippen LogP contribution is 2.13. The van der Waals surface area contributed by atoms with E-state index in [0.29, 0.717) is 18.2 Å². The van der Waals surface area contributed by atoms with Crippen LogP contribution < -0.4 is 5.32 Å². The molecule has 1 rings (SSSR count). The first-order chi connectivity index (χ1) is 5.72. The topological polar surface area (TPSA) is 21.3 Å². The number of hydrogen-bond acceptors (Lipinski definition) is 2. The van der Waals surface area contributed by atoms with Gasteiger partial charge in [-0.2, -0.15) is 0 Å². The van der Waals surface area contributed by atoms with Crippen molar-refractivity contribution in [1.29, 1.82) is 0 Å². The van der Waals surface area contributed by atoms with Gasteiger partial charge in [-0.3, -0.25) is 0 Å². The quantitative estimate of drug-likeness (QED) is 0.700. The molecule has 0 amide bonds. The molecule has 0 saturated carbocycles. The molecule has 3 unspecified atom stereocenters. The van der Waals surface area contributed by atoms with Gasteiger partial charge < -0.3 is 10.1 Å². The van der Waals surface area contributed by atoms with Gasteiger partial charge in [-0.1, -0.05) is 6.92 Å². The monoisotopic (exact) mass is 171 g/mol. The molecule has 0 radical (unpaired) electrons. The lowest BCUT2D eigenvalue weighted by atomic mass is 10.0. The van der Waals surface area contributed by atoms with E-state index in [2.05, 4.69) is 26.1 Å². The maximum atomic E-state index is 5.48. The van der Waals surface area contributed by atoms with E-state index in [9.17, 15) is 0 Å². The molecule has 1 aliphatic rings. The summed E-state index contributed by atoms with van der Waals surface area (Å²) in [5.41, 5.74) is 0. The van der Waals surface area contributed by atoms with E-state index in [-0.39, 0.29) is 0 Å². The van der Waals surface area contributed by atoms with Crippen LogP contribution in [0.3, 0.4) is 0 Å². The van der Waals surface area contributed by atoms with Crippen molar-refractivity contribution < 1.29 is 4.74 Å². The van der Waals surface area contributed by atoms with Crippen LogP contribution in [-0.2, 0) is 4.74 Å². The Morgan fingerprint density at radius 2 is 2.33 bits per heavy atom. The van der Waals surface area contributed by atoms with E-state index in [4.69, 9.17) is 4.74 Å². The smallest absolute Gasteiger partial charge is 0.0561 e. The fourth-order valence-corrected chi connectivity index (χ4v) is 1.67. The summed E-state index contributed by atoms with van der Waals surface area (Å²) in [7, 11) is 0. The summed E-state index contributed by atoms with van der Waals surface area (Å²) in [5, 5.41) is 3.62. The molecule has 2 nitrogen and oxygen atoms in total. The third kappa shape index (κ3) is 3.11. The largest absolute Gasteiger partial charge is 0.378 e. The summed E-state index contributed by atoms with van der Waals surface area (Å²) in [6.45, 7) is 7.56. The Balaban J connectivity index is 2.22. The van der Waals surface area contributed by atoms with E-state index in [1.807, 2.05) is 0 Å². The Morgan fingerprint density at radius 1 is 1.58 bits per heavy atom. The summed E-state index contributed by atoms with van der Waals surface area (Å²) in [5.74, 6) is 0. The van der Waals surface area contributed by atoms with Crippen molar-refractivity contribution in [3.63, 3.8) is 0 Å². The average molecular weight is 171 g/mol. The van der Waals surface area contributed by atoms with Gasteiger partial charge in [0.2, 0.25) is 0 Å². The first kappa shape index (κ1) is 10.0. The van der Waals surface area contributed by atoms with Crippen LogP contribution in [0.4, 0.5) is 0 Å². The van der Waals surface area contributed by atoms with E-state index < -0.39 is 0 Å². The highest BCUT2D eigenvalue weighted by Gasteiger charge is 2.19. The minimum Gasteiger partial charge on any atom is -0.378 e. The van der Waals surface area contributed by atoms with Crippen molar-refractivity contribution in [2.75, 3.05) is 6.61 Å². The third-order valence-corrected chi connectivity index (χ3v) is 2.62. The zero-order valence-electron chi connectivity index (χ0n) is 8.47. The molecule has 1 heterocycles. The number of hydrogen-bond donors (Lipinski definition) is 1. The molecule has 3 atom stereocenters. The second kappa shape index (κ2) is 4.83. The predicted molar refractivity (Wildman–Crippen MR) is 51.3 cm³/mol. The molecule has 0 aliphatic carbocycles. The molecule has 0 bridgehead atoms. The molecule has 2 heteroatoms. The second-order valence-corrected chi connectivity index (χ2v) is 3.88. The van der Waals surface area contributed by atoms with E-state index in [0.717, 1.165) is 6.61 Å². The first-order valence-corrected chi connectivity index (χ1v) is 5.10. The molecule has 0 aromatic carbocycles. The highest BCUT2D eigenvalue weighted by molar-refractivity contribution is 4.76. The summed E-state index contributed by atoms with van der Waals surface area (Å²) < 4.78 is 5.48. The van der Waals surface area contributed by atoms with Crippen molar-refractivity contribution in [2.45, 2.75) is 58.2 Å². The molecule has 72 valence electrons. The Bertz CT molecular complexity index is 127. The Hall–Kier alpha value is -0.0800. The van der Waals surface area contributed by atoms with Crippen LogP contribution in [-0.4, -0.2) is 24.8 Å². The summed E-state index contributed by atoms with van der Waals surface area (Å²) >= 11 is 0. The van der Waals surface area contributed by atoms with Gasteiger partial charge in [0.25, 0.3) is 0 Å². The van der Waals surface area contributed by atoms with Crippen LogP contribution in [0.5, 0.6) is 0 Å². The molecule has 0 aromatic heterocycles. The standard InChI is InChI=1S/C10H21NO/c1-4-8(2)11-10-5-6-12-9(3)7-10/h8-11H,4-7H2,1-3H3. The van der Waals surface area contributed by atoms with Crippen LogP contribution in [0, 0.1) is 0 Å². The molecule has 1 fully saturated rings. The minimum absolute atomic E-state index is 0.445. The number of nitrogens with one attached hydrogen (secondary N) is 1. The van der Waals surface area contributed by atoms with Gasteiger partial charge >= 0.3 is 0 Å². The van der Waals surface area contributed by atoms with Gasteiger partial charge in [-0.25, -0.2) is 0 Å². The molecule has 1 aliphatic heterocycles.